The largest absolute Gasteiger partial charge is 0.381 e. The molecule has 2 rings (SSSR count). The number of benzene rings is 1. The average molecular weight is 261 g/mol. The number of carbonyl (C=O) groups excluding carboxylic acids is 1. The van der Waals surface area contributed by atoms with Crippen molar-refractivity contribution in [1.82, 2.24) is 5.32 Å². The molecule has 1 N–H and O–H groups in total. The van der Waals surface area contributed by atoms with Gasteiger partial charge in [-0.3, -0.25) is 4.79 Å². The van der Waals surface area contributed by atoms with E-state index in [0.29, 0.717) is 5.92 Å². The second-order valence-corrected chi connectivity index (χ2v) is 5.24. The second kappa shape index (κ2) is 7.29. The number of nitrogens with one attached hydrogen (secondary N) is 1. The molecule has 0 bridgehead atoms. The van der Waals surface area contributed by atoms with Gasteiger partial charge in [-0.1, -0.05) is 25.5 Å². The molecule has 19 heavy (non-hydrogen) atoms. The summed E-state index contributed by atoms with van der Waals surface area (Å²) in [6.45, 7) is 4.51. The van der Waals surface area contributed by atoms with Gasteiger partial charge in [-0.2, -0.15) is 0 Å². The first-order chi connectivity index (χ1) is 9.29. The number of unbranched alkanes of at least 4 members (excludes halogenated alkanes) is 1. The summed E-state index contributed by atoms with van der Waals surface area (Å²) in [6.07, 6.45) is 4.55. The quantitative estimate of drug-likeness (QED) is 0.855. The van der Waals surface area contributed by atoms with Gasteiger partial charge in [0.15, 0.2) is 0 Å². The molecule has 0 spiro atoms. The van der Waals surface area contributed by atoms with Gasteiger partial charge in [0.25, 0.3) is 5.91 Å². The molecule has 3 heteroatoms. The number of carbonyl (C=O) groups is 1. The van der Waals surface area contributed by atoms with E-state index in [9.17, 15) is 4.79 Å². The van der Waals surface area contributed by atoms with Crippen molar-refractivity contribution in [2.75, 3.05) is 19.8 Å². The molecule has 1 amide bonds. The summed E-state index contributed by atoms with van der Waals surface area (Å²) < 4.78 is 5.30. The van der Waals surface area contributed by atoms with E-state index in [2.05, 4.69) is 24.4 Å². The lowest BCUT2D eigenvalue weighted by Gasteiger charge is -2.09. The highest BCUT2D eigenvalue weighted by atomic mass is 16.5. The number of ether oxygens (including phenoxy) is 1. The Hall–Kier alpha value is -1.35. The zero-order valence-electron chi connectivity index (χ0n) is 11.7. The van der Waals surface area contributed by atoms with Gasteiger partial charge in [-0.25, -0.2) is 0 Å². The molecule has 104 valence electrons. The third-order valence-electron chi connectivity index (χ3n) is 3.61. The molecule has 1 heterocycles. The van der Waals surface area contributed by atoms with Crippen LogP contribution < -0.4 is 5.32 Å². The van der Waals surface area contributed by atoms with Crippen LogP contribution in [0.15, 0.2) is 24.3 Å². The van der Waals surface area contributed by atoms with E-state index < -0.39 is 0 Å². The number of hydrogen-bond donors (Lipinski definition) is 1. The van der Waals surface area contributed by atoms with Gasteiger partial charge in [0.2, 0.25) is 0 Å². The van der Waals surface area contributed by atoms with Gasteiger partial charge in [0, 0.05) is 24.6 Å². The van der Waals surface area contributed by atoms with Crippen molar-refractivity contribution in [2.24, 2.45) is 5.92 Å². The van der Waals surface area contributed by atoms with E-state index in [-0.39, 0.29) is 5.91 Å². The van der Waals surface area contributed by atoms with E-state index in [0.717, 1.165) is 38.2 Å². The average Bonchev–Trinajstić information content (AvgIpc) is 2.96. The van der Waals surface area contributed by atoms with Gasteiger partial charge in [0.1, 0.15) is 0 Å². The van der Waals surface area contributed by atoms with E-state index >= 15 is 0 Å². The van der Waals surface area contributed by atoms with Crippen LogP contribution in [-0.4, -0.2) is 25.7 Å². The van der Waals surface area contributed by atoms with Crippen LogP contribution in [0.3, 0.4) is 0 Å². The van der Waals surface area contributed by atoms with Crippen LogP contribution >= 0.6 is 0 Å². The van der Waals surface area contributed by atoms with Gasteiger partial charge in [0.05, 0.1) is 6.61 Å². The fraction of sp³-hybridized carbons (Fsp3) is 0.562. The fourth-order valence-electron chi connectivity index (χ4n) is 2.29. The molecule has 0 radical (unpaired) electrons. The Kier molecular flexibility index (Phi) is 5.40. The van der Waals surface area contributed by atoms with Crippen molar-refractivity contribution in [3.8, 4) is 0 Å². The first-order valence-corrected chi connectivity index (χ1v) is 7.24. The Labute approximate surface area is 115 Å². The van der Waals surface area contributed by atoms with Gasteiger partial charge >= 0.3 is 0 Å². The minimum Gasteiger partial charge on any atom is -0.381 e. The molecule has 3 nitrogen and oxygen atoms in total. The van der Waals surface area contributed by atoms with E-state index in [1.165, 1.54) is 18.4 Å². The first-order valence-electron chi connectivity index (χ1n) is 7.24. The lowest BCUT2D eigenvalue weighted by molar-refractivity contribution is 0.0945. The molecule has 0 aromatic heterocycles. The van der Waals surface area contributed by atoms with Crippen molar-refractivity contribution in [3.63, 3.8) is 0 Å². The van der Waals surface area contributed by atoms with Crippen molar-refractivity contribution in [2.45, 2.75) is 32.6 Å². The van der Waals surface area contributed by atoms with Crippen LogP contribution in [-0.2, 0) is 11.2 Å². The Morgan fingerprint density at radius 1 is 1.37 bits per heavy atom. The number of aryl methyl sites for hydroxylation is 1. The maximum Gasteiger partial charge on any atom is 0.251 e. The van der Waals surface area contributed by atoms with Gasteiger partial charge < -0.3 is 10.1 Å². The monoisotopic (exact) mass is 261 g/mol. The van der Waals surface area contributed by atoms with E-state index in [1.54, 1.807) is 0 Å². The lowest BCUT2D eigenvalue weighted by atomic mass is 10.1. The molecule has 0 aliphatic carbocycles. The van der Waals surface area contributed by atoms with Gasteiger partial charge in [-0.05, 0) is 37.0 Å². The predicted molar refractivity (Wildman–Crippen MR) is 76.3 cm³/mol. The Morgan fingerprint density at radius 3 is 2.79 bits per heavy atom. The maximum absolute atomic E-state index is 12.0. The van der Waals surface area contributed by atoms with Crippen LogP contribution in [0.4, 0.5) is 0 Å². The summed E-state index contributed by atoms with van der Waals surface area (Å²) in [6, 6.07) is 7.96. The zero-order valence-corrected chi connectivity index (χ0v) is 11.7. The van der Waals surface area contributed by atoms with Crippen LogP contribution in [0.5, 0.6) is 0 Å². The molecule has 1 aromatic carbocycles. The number of amides is 1. The lowest BCUT2D eigenvalue weighted by Crippen LogP contribution is -2.29. The van der Waals surface area contributed by atoms with Gasteiger partial charge in [-0.15, -0.1) is 0 Å². The Bertz CT molecular complexity index is 394. The van der Waals surface area contributed by atoms with Crippen molar-refractivity contribution in [1.29, 1.82) is 0 Å². The summed E-state index contributed by atoms with van der Waals surface area (Å²) in [5.41, 5.74) is 2.06. The summed E-state index contributed by atoms with van der Waals surface area (Å²) >= 11 is 0. The molecule has 1 aliphatic rings. The molecular weight excluding hydrogens is 238 g/mol. The third kappa shape index (κ3) is 4.35. The van der Waals surface area contributed by atoms with Crippen LogP contribution in [0.25, 0.3) is 0 Å². The van der Waals surface area contributed by atoms with Crippen LogP contribution in [0.2, 0.25) is 0 Å². The van der Waals surface area contributed by atoms with E-state index in [4.69, 9.17) is 4.74 Å². The molecule has 0 saturated carbocycles. The Balaban J connectivity index is 1.81. The minimum atomic E-state index is 0.0222. The Morgan fingerprint density at radius 2 is 2.16 bits per heavy atom. The highest BCUT2D eigenvalue weighted by Crippen LogP contribution is 2.11. The normalized spacial score (nSPS) is 18.5. The molecule has 1 aromatic rings. The van der Waals surface area contributed by atoms with Crippen LogP contribution in [0.1, 0.15) is 42.1 Å². The second-order valence-electron chi connectivity index (χ2n) is 5.24. The molecule has 1 aliphatic heterocycles. The predicted octanol–water partition coefficient (Wildman–Crippen LogP) is 2.80. The summed E-state index contributed by atoms with van der Waals surface area (Å²) in [5, 5.41) is 2.98. The maximum atomic E-state index is 12.0. The fourth-order valence-corrected chi connectivity index (χ4v) is 2.29. The molecule has 0 unspecified atom stereocenters. The highest BCUT2D eigenvalue weighted by molar-refractivity contribution is 5.94. The summed E-state index contributed by atoms with van der Waals surface area (Å²) in [4.78, 5) is 12.0. The minimum absolute atomic E-state index is 0.0222. The summed E-state index contributed by atoms with van der Waals surface area (Å²) in [5.74, 6) is 0.502. The van der Waals surface area contributed by atoms with Crippen molar-refractivity contribution < 1.29 is 9.53 Å². The highest BCUT2D eigenvalue weighted by Gasteiger charge is 2.16. The van der Waals surface area contributed by atoms with Crippen molar-refractivity contribution in [3.05, 3.63) is 35.4 Å². The standard InChI is InChI=1S/C16H23NO2/c1-2-3-4-13-5-7-15(8-6-13)16(18)17-11-14-9-10-19-12-14/h5-8,14H,2-4,9-12H2,1H3,(H,17,18)/t14-/m1/s1. The van der Waals surface area contributed by atoms with E-state index in [1.807, 2.05) is 12.1 Å². The smallest absolute Gasteiger partial charge is 0.251 e. The topological polar surface area (TPSA) is 38.3 Å². The number of hydrogen-bond acceptors (Lipinski definition) is 2. The zero-order chi connectivity index (χ0) is 13.5. The summed E-state index contributed by atoms with van der Waals surface area (Å²) in [7, 11) is 0. The molecular formula is C16H23NO2. The number of rotatable bonds is 6. The molecule has 1 fully saturated rings. The third-order valence-corrected chi connectivity index (χ3v) is 3.61. The van der Waals surface area contributed by atoms with Crippen molar-refractivity contribution >= 4 is 5.91 Å². The molecule has 1 atom stereocenters. The SMILES string of the molecule is CCCCc1ccc(C(=O)NC[C@H]2CCOC2)cc1. The first kappa shape index (κ1) is 14.1. The molecule has 1 saturated heterocycles. The van der Waals surface area contributed by atoms with Crippen LogP contribution in [0, 0.1) is 5.92 Å².